The first-order chi connectivity index (χ1) is 15.2. The van der Waals surface area contributed by atoms with Crippen molar-refractivity contribution in [2.45, 2.75) is 31.8 Å². The van der Waals surface area contributed by atoms with Crippen molar-refractivity contribution in [1.29, 1.82) is 0 Å². The van der Waals surface area contributed by atoms with E-state index >= 15 is 0 Å². The fourth-order valence-electron chi connectivity index (χ4n) is 4.37. The molecule has 1 fully saturated rings. The van der Waals surface area contributed by atoms with Crippen LogP contribution in [0.2, 0.25) is 0 Å². The second kappa shape index (κ2) is 8.38. The number of aromatic nitrogens is 6. The van der Waals surface area contributed by atoms with Crippen LogP contribution >= 0.6 is 0 Å². The van der Waals surface area contributed by atoms with Gasteiger partial charge in [0.05, 0.1) is 24.5 Å². The third-order valence-corrected chi connectivity index (χ3v) is 5.97. The van der Waals surface area contributed by atoms with Crippen LogP contribution in [0.1, 0.15) is 25.7 Å². The highest BCUT2D eigenvalue weighted by atomic mass is 16.5. The topological polar surface area (TPSA) is 122 Å². The molecule has 2 aliphatic rings. The van der Waals surface area contributed by atoms with Crippen molar-refractivity contribution in [3.8, 4) is 22.8 Å². The summed E-state index contributed by atoms with van der Waals surface area (Å²) in [7, 11) is 1.78. The van der Waals surface area contributed by atoms with Crippen LogP contribution in [0.25, 0.3) is 22.8 Å². The van der Waals surface area contributed by atoms with Crippen molar-refractivity contribution in [1.82, 2.24) is 30.1 Å². The van der Waals surface area contributed by atoms with Gasteiger partial charge in [0, 0.05) is 25.4 Å². The maximum Gasteiger partial charge on any atom is 0.245 e. The normalized spacial score (nSPS) is 20.9. The Kier molecular flexibility index (Phi) is 5.29. The van der Waals surface area contributed by atoms with Crippen LogP contribution in [-0.4, -0.2) is 62.3 Å². The van der Waals surface area contributed by atoms with Crippen LogP contribution in [-0.2, 0) is 9.53 Å². The molecule has 0 aromatic carbocycles. The average Bonchev–Trinajstić information content (AvgIpc) is 3.34. The van der Waals surface area contributed by atoms with Gasteiger partial charge in [-0.15, -0.1) is 0 Å². The number of carbonyl (C=O) groups is 1. The molecule has 0 unspecified atom stereocenters. The second-order valence-corrected chi connectivity index (χ2v) is 7.97. The standard InChI is InChI=1S/C21H24N8O2/c1-31-14-6-4-13(5-7-14)10-29-11-17(30)27-20-21(29)26-16(9-23-20)15-3-2-8-22-18(15)19-24-12-25-28-19/h2-3,8-9,12-14H,4-7,10-11H2,1H3,(H,23,27,30)(H,24,25,28). The molecule has 0 saturated heterocycles. The van der Waals surface area contributed by atoms with Crippen molar-refractivity contribution in [3.05, 3.63) is 30.9 Å². The molecule has 1 saturated carbocycles. The molecule has 5 rings (SSSR count). The zero-order chi connectivity index (χ0) is 21.2. The van der Waals surface area contributed by atoms with E-state index in [1.54, 1.807) is 19.5 Å². The van der Waals surface area contributed by atoms with Crippen LogP contribution in [0, 0.1) is 5.92 Å². The number of methoxy groups -OCH3 is 1. The number of nitrogens with zero attached hydrogens (tertiary/aromatic N) is 6. The maximum atomic E-state index is 12.3. The first-order valence-electron chi connectivity index (χ1n) is 10.5. The van der Waals surface area contributed by atoms with E-state index < -0.39 is 0 Å². The lowest BCUT2D eigenvalue weighted by atomic mass is 9.87. The Morgan fingerprint density at radius 2 is 2.06 bits per heavy atom. The minimum atomic E-state index is -0.0659. The number of anilines is 2. The molecule has 0 bridgehead atoms. The average molecular weight is 420 g/mol. The number of carbonyl (C=O) groups excluding carboxylic acids is 1. The Morgan fingerprint density at radius 3 is 2.84 bits per heavy atom. The molecule has 0 spiro atoms. The molecular formula is C21H24N8O2. The molecule has 31 heavy (non-hydrogen) atoms. The third kappa shape index (κ3) is 3.98. The van der Waals surface area contributed by atoms with Gasteiger partial charge in [-0.05, 0) is 43.7 Å². The van der Waals surface area contributed by atoms with Gasteiger partial charge in [0.25, 0.3) is 0 Å². The van der Waals surface area contributed by atoms with E-state index in [0.29, 0.717) is 40.9 Å². The van der Waals surface area contributed by atoms with Gasteiger partial charge in [-0.3, -0.25) is 14.9 Å². The number of amides is 1. The molecule has 2 N–H and O–H groups in total. The highest BCUT2D eigenvalue weighted by Gasteiger charge is 2.29. The molecule has 0 atom stereocenters. The molecule has 1 aliphatic carbocycles. The second-order valence-electron chi connectivity index (χ2n) is 7.97. The first kappa shape index (κ1) is 19.6. The minimum absolute atomic E-state index is 0.0659. The molecule has 4 heterocycles. The van der Waals surface area contributed by atoms with E-state index in [4.69, 9.17) is 9.72 Å². The summed E-state index contributed by atoms with van der Waals surface area (Å²) in [6, 6.07) is 3.78. The van der Waals surface area contributed by atoms with Crippen LogP contribution in [0.15, 0.2) is 30.9 Å². The first-order valence-corrected chi connectivity index (χ1v) is 10.5. The Hall–Kier alpha value is -3.40. The van der Waals surface area contributed by atoms with Crippen molar-refractivity contribution >= 4 is 17.5 Å². The van der Waals surface area contributed by atoms with E-state index in [2.05, 4.69) is 30.5 Å². The van der Waals surface area contributed by atoms with Gasteiger partial charge in [-0.1, -0.05) is 0 Å². The molecule has 1 aliphatic heterocycles. The summed E-state index contributed by atoms with van der Waals surface area (Å²) >= 11 is 0. The van der Waals surface area contributed by atoms with Gasteiger partial charge in [0.1, 0.15) is 12.0 Å². The van der Waals surface area contributed by atoms with E-state index in [1.807, 2.05) is 17.0 Å². The number of H-pyrrole nitrogens is 1. The number of hydrogen-bond donors (Lipinski definition) is 2. The van der Waals surface area contributed by atoms with Gasteiger partial charge in [0.2, 0.25) is 5.91 Å². The Labute approximate surface area is 179 Å². The summed E-state index contributed by atoms with van der Waals surface area (Å²) < 4.78 is 5.49. The Bertz CT molecular complexity index is 1060. The summed E-state index contributed by atoms with van der Waals surface area (Å²) in [6.45, 7) is 1.05. The van der Waals surface area contributed by atoms with Crippen LogP contribution < -0.4 is 10.2 Å². The highest BCUT2D eigenvalue weighted by Crippen LogP contribution is 2.34. The van der Waals surface area contributed by atoms with E-state index in [0.717, 1.165) is 37.8 Å². The quantitative estimate of drug-likeness (QED) is 0.645. The summed E-state index contributed by atoms with van der Waals surface area (Å²) in [5, 5.41) is 9.62. The molecule has 1 amide bonds. The number of aromatic amines is 1. The lowest BCUT2D eigenvalue weighted by molar-refractivity contribution is -0.115. The number of nitrogens with one attached hydrogen (secondary N) is 2. The minimum Gasteiger partial charge on any atom is -0.381 e. The van der Waals surface area contributed by atoms with Crippen LogP contribution in [0.4, 0.5) is 11.6 Å². The number of rotatable bonds is 5. The summed E-state index contributed by atoms with van der Waals surface area (Å²) in [4.78, 5) is 32.4. The molecule has 0 radical (unpaired) electrons. The number of pyridine rings is 1. The molecule has 3 aromatic rings. The molecule has 10 heteroatoms. The SMILES string of the molecule is COC1CCC(CN2CC(=O)Nc3ncc(-c4cccnc4-c4ncn[nH]4)nc32)CC1. The van der Waals surface area contributed by atoms with Crippen molar-refractivity contribution in [2.24, 2.45) is 5.92 Å². The Balaban J connectivity index is 1.45. The summed E-state index contributed by atoms with van der Waals surface area (Å²) in [5.41, 5.74) is 2.12. The summed E-state index contributed by atoms with van der Waals surface area (Å²) in [5.74, 6) is 2.19. The molecule has 160 valence electrons. The smallest absolute Gasteiger partial charge is 0.245 e. The molecule has 3 aromatic heterocycles. The van der Waals surface area contributed by atoms with Crippen LogP contribution in [0.3, 0.4) is 0 Å². The van der Waals surface area contributed by atoms with Gasteiger partial charge >= 0.3 is 0 Å². The zero-order valence-corrected chi connectivity index (χ0v) is 17.3. The fourth-order valence-corrected chi connectivity index (χ4v) is 4.37. The Morgan fingerprint density at radius 1 is 1.19 bits per heavy atom. The lowest BCUT2D eigenvalue weighted by Crippen LogP contribution is -2.42. The van der Waals surface area contributed by atoms with E-state index in [1.165, 1.54) is 6.33 Å². The highest BCUT2D eigenvalue weighted by molar-refractivity contribution is 5.99. The van der Waals surface area contributed by atoms with Gasteiger partial charge in [0.15, 0.2) is 17.5 Å². The van der Waals surface area contributed by atoms with Crippen molar-refractivity contribution in [2.75, 3.05) is 30.4 Å². The monoisotopic (exact) mass is 420 g/mol. The zero-order valence-electron chi connectivity index (χ0n) is 17.3. The van der Waals surface area contributed by atoms with E-state index in [-0.39, 0.29) is 12.5 Å². The van der Waals surface area contributed by atoms with Gasteiger partial charge < -0.3 is 15.0 Å². The predicted molar refractivity (Wildman–Crippen MR) is 114 cm³/mol. The number of ether oxygens (including phenoxy) is 1. The molecule has 10 nitrogen and oxygen atoms in total. The van der Waals surface area contributed by atoms with Gasteiger partial charge in [-0.25, -0.2) is 15.0 Å². The van der Waals surface area contributed by atoms with Crippen LogP contribution in [0.5, 0.6) is 0 Å². The lowest BCUT2D eigenvalue weighted by Gasteiger charge is -2.35. The van der Waals surface area contributed by atoms with Crippen molar-refractivity contribution < 1.29 is 9.53 Å². The largest absolute Gasteiger partial charge is 0.381 e. The fraction of sp³-hybridized carbons (Fsp3) is 0.429. The summed E-state index contributed by atoms with van der Waals surface area (Å²) in [6.07, 6.45) is 9.42. The van der Waals surface area contributed by atoms with Crippen molar-refractivity contribution in [3.63, 3.8) is 0 Å². The predicted octanol–water partition coefficient (Wildman–Crippen LogP) is 2.29. The molecular weight excluding hydrogens is 396 g/mol. The number of hydrogen-bond acceptors (Lipinski definition) is 8. The third-order valence-electron chi connectivity index (χ3n) is 5.97. The maximum absolute atomic E-state index is 12.3. The number of fused-ring (bicyclic) bond motifs is 1. The van der Waals surface area contributed by atoms with Gasteiger partial charge in [-0.2, -0.15) is 5.10 Å². The van der Waals surface area contributed by atoms with E-state index in [9.17, 15) is 4.79 Å².